The second-order valence-electron chi connectivity index (χ2n) is 5.91. The van der Waals surface area contributed by atoms with E-state index in [1.165, 1.54) is 0 Å². The molecule has 0 unspecified atom stereocenters. The van der Waals surface area contributed by atoms with Crippen LogP contribution in [0.2, 0.25) is 0 Å². The summed E-state index contributed by atoms with van der Waals surface area (Å²) < 4.78 is 4.88. The van der Waals surface area contributed by atoms with Crippen LogP contribution in [0.4, 0.5) is 0 Å². The predicted octanol–water partition coefficient (Wildman–Crippen LogP) is 0.255. The second kappa shape index (κ2) is 6.02. The van der Waals surface area contributed by atoms with Gasteiger partial charge in [-0.15, -0.1) is 0 Å². The van der Waals surface area contributed by atoms with E-state index in [0.717, 1.165) is 16.5 Å². The van der Waals surface area contributed by atoms with Gasteiger partial charge in [-0.25, -0.2) is 0 Å². The number of hydrogen-bond donors (Lipinski definition) is 4. The summed E-state index contributed by atoms with van der Waals surface area (Å²) in [4.78, 5) is 26.5. The largest absolute Gasteiger partial charge is 0.480 e. The second-order valence-corrected chi connectivity index (χ2v) is 5.91. The van der Waals surface area contributed by atoms with Crippen LogP contribution in [0.15, 0.2) is 30.5 Å². The maximum Gasteiger partial charge on any atom is 0.324 e. The van der Waals surface area contributed by atoms with Crippen molar-refractivity contribution in [3.63, 3.8) is 0 Å². The Kier molecular flexibility index (Phi) is 4.06. The number of carbonyl (C=O) groups is 2. The number of fused-ring (bicyclic) bond motifs is 1. The Balaban J connectivity index is 1.58. The summed E-state index contributed by atoms with van der Waals surface area (Å²) in [5.74, 6) is -1.70. The van der Waals surface area contributed by atoms with E-state index in [1.807, 2.05) is 30.5 Å². The van der Waals surface area contributed by atoms with Crippen molar-refractivity contribution in [2.24, 2.45) is 11.1 Å². The fourth-order valence-corrected chi connectivity index (χ4v) is 2.71. The normalized spacial score (nSPS) is 17.4. The molecule has 1 saturated heterocycles. The van der Waals surface area contributed by atoms with Crippen LogP contribution in [0.5, 0.6) is 0 Å². The standard InChI is InChI=1S/C16H19N3O4/c17-11(5-10-6-18-13-4-2-1-3-12(10)13)7-19-14(20)16(15(21)22)8-23-9-16/h1-4,6,11,18H,5,7-9,17H2,(H,19,20)(H,21,22)/t11-/m1/s1. The van der Waals surface area contributed by atoms with Crippen molar-refractivity contribution in [1.82, 2.24) is 10.3 Å². The van der Waals surface area contributed by atoms with E-state index in [-0.39, 0.29) is 25.8 Å². The van der Waals surface area contributed by atoms with Gasteiger partial charge < -0.3 is 25.9 Å². The summed E-state index contributed by atoms with van der Waals surface area (Å²) in [6.45, 7) is 0.0328. The van der Waals surface area contributed by atoms with E-state index in [9.17, 15) is 9.59 Å². The summed E-state index contributed by atoms with van der Waals surface area (Å²) in [5.41, 5.74) is 6.73. The molecule has 1 aliphatic rings. The van der Waals surface area contributed by atoms with E-state index in [4.69, 9.17) is 15.6 Å². The molecule has 2 aromatic rings. The number of hydrogen-bond acceptors (Lipinski definition) is 4. The van der Waals surface area contributed by atoms with Crippen LogP contribution in [-0.2, 0) is 20.7 Å². The lowest BCUT2D eigenvalue weighted by molar-refractivity contribution is -0.185. The Morgan fingerprint density at radius 1 is 1.39 bits per heavy atom. The molecule has 0 radical (unpaired) electrons. The monoisotopic (exact) mass is 317 g/mol. The zero-order valence-electron chi connectivity index (χ0n) is 12.5. The average Bonchev–Trinajstić information content (AvgIpc) is 2.87. The SMILES string of the molecule is N[C@@H](CNC(=O)C1(C(=O)O)COC1)Cc1c[nH]c2ccccc12. The Bertz CT molecular complexity index is 736. The summed E-state index contributed by atoms with van der Waals surface area (Å²) in [6, 6.07) is 7.61. The number of nitrogens with one attached hydrogen (secondary N) is 2. The van der Waals surface area contributed by atoms with Gasteiger partial charge in [-0.2, -0.15) is 0 Å². The number of carboxylic acids is 1. The van der Waals surface area contributed by atoms with E-state index in [0.29, 0.717) is 6.42 Å². The van der Waals surface area contributed by atoms with E-state index >= 15 is 0 Å². The number of amides is 1. The Labute approximate surface area is 132 Å². The predicted molar refractivity (Wildman–Crippen MR) is 83.9 cm³/mol. The molecule has 23 heavy (non-hydrogen) atoms. The molecule has 1 atom stereocenters. The molecule has 1 amide bonds. The molecule has 3 rings (SSSR count). The number of aromatic amines is 1. The Morgan fingerprint density at radius 3 is 2.78 bits per heavy atom. The molecule has 122 valence electrons. The summed E-state index contributed by atoms with van der Waals surface area (Å²) >= 11 is 0. The van der Waals surface area contributed by atoms with Crippen molar-refractivity contribution in [1.29, 1.82) is 0 Å². The van der Waals surface area contributed by atoms with Crippen LogP contribution in [-0.4, -0.2) is 47.8 Å². The maximum absolute atomic E-state index is 12.1. The van der Waals surface area contributed by atoms with Crippen LogP contribution in [0.3, 0.4) is 0 Å². The quantitative estimate of drug-likeness (QED) is 0.570. The van der Waals surface area contributed by atoms with E-state index in [1.54, 1.807) is 0 Å². The number of H-pyrrole nitrogens is 1. The highest BCUT2D eigenvalue weighted by Gasteiger charge is 2.53. The van der Waals surface area contributed by atoms with Gasteiger partial charge in [-0.1, -0.05) is 18.2 Å². The molecule has 1 aliphatic heterocycles. The van der Waals surface area contributed by atoms with Crippen LogP contribution < -0.4 is 11.1 Å². The van der Waals surface area contributed by atoms with Gasteiger partial charge in [0.05, 0.1) is 13.2 Å². The van der Waals surface area contributed by atoms with Gasteiger partial charge >= 0.3 is 5.97 Å². The molecule has 5 N–H and O–H groups in total. The minimum Gasteiger partial charge on any atom is -0.480 e. The van der Waals surface area contributed by atoms with Gasteiger partial charge in [0.1, 0.15) is 0 Å². The van der Waals surface area contributed by atoms with Crippen molar-refractivity contribution in [3.8, 4) is 0 Å². The highest BCUT2D eigenvalue weighted by Crippen LogP contribution is 2.28. The van der Waals surface area contributed by atoms with Crippen molar-refractivity contribution >= 4 is 22.8 Å². The van der Waals surface area contributed by atoms with Crippen molar-refractivity contribution in [3.05, 3.63) is 36.0 Å². The lowest BCUT2D eigenvalue weighted by atomic mass is 9.85. The fourth-order valence-electron chi connectivity index (χ4n) is 2.71. The molecular formula is C16H19N3O4. The van der Waals surface area contributed by atoms with E-state index < -0.39 is 17.3 Å². The highest BCUT2D eigenvalue weighted by molar-refractivity contribution is 6.03. The van der Waals surface area contributed by atoms with Crippen LogP contribution in [0, 0.1) is 5.41 Å². The molecule has 7 nitrogen and oxygen atoms in total. The fraction of sp³-hybridized carbons (Fsp3) is 0.375. The zero-order valence-corrected chi connectivity index (χ0v) is 12.5. The molecule has 1 fully saturated rings. The van der Waals surface area contributed by atoms with Crippen LogP contribution in [0.25, 0.3) is 10.9 Å². The minimum absolute atomic E-state index is 0.0914. The van der Waals surface area contributed by atoms with Gasteiger partial charge in [0.25, 0.3) is 0 Å². The lowest BCUT2D eigenvalue weighted by Gasteiger charge is -2.35. The smallest absolute Gasteiger partial charge is 0.324 e. The van der Waals surface area contributed by atoms with Crippen molar-refractivity contribution < 1.29 is 19.4 Å². The molecule has 0 spiro atoms. The van der Waals surface area contributed by atoms with Gasteiger partial charge in [0.2, 0.25) is 5.91 Å². The van der Waals surface area contributed by atoms with Crippen LogP contribution >= 0.6 is 0 Å². The van der Waals surface area contributed by atoms with Crippen LogP contribution in [0.1, 0.15) is 5.56 Å². The molecule has 0 saturated carbocycles. The number of carboxylic acid groups (broad SMARTS) is 1. The van der Waals surface area contributed by atoms with E-state index in [2.05, 4.69) is 10.3 Å². The minimum atomic E-state index is -1.46. The number of nitrogens with two attached hydrogens (primary N) is 1. The topological polar surface area (TPSA) is 117 Å². The Hall–Kier alpha value is -2.38. The molecular weight excluding hydrogens is 298 g/mol. The van der Waals surface area contributed by atoms with Gasteiger partial charge in [0, 0.05) is 29.7 Å². The molecule has 7 heteroatoms. The first-order chi connectivity index (χ1) is 11.0. The number of benzene rings is 1. The molecule has 1 aromatic heterocycles. The average molecular weight is 317 g/mol. The van der Waals surface area contributed by atoms with Crippen molar-refractivity contribution in [2.45, 2.75) is 12.5 Å². The highest BCUT2D eigenvalue weighted by atomic mass is 16.5. The number of aromatic nitrogens is 1. The number of rotatable bonds is 6. The number of ether oxygens (including phenoxy) is 1. The maximum atomic E-state index is 12.1. The number of carbonyl (C=O) groups excluding carboxylic acids is 1. The Morgan fingerprint density at radius 2 is 2.13 bits per heavy atom. The molecule has 0 bridgehead atoms. The summed E-state index contributed by atoms with van der Waals surface area (Å²) in [6.07, 6.45) is 2.49. The first-order valence-electron chi connectivity index (χ1n) is 7.43. The number of aliphatic carboxylic acids is 1. The van der Waals surface area contributed by atoms with Gasteiger partial charge in [0.15, 0.2) is 5.41 Å². The van der Waals surface area contributed by atoms with Gasteiger partial charge in [-0.05, 0) is 18.1 Å². The third kappa shape index (κ3) is 2.80. The molecule has 1 aromatic carbocycles. The van der Waals surface area contributed by atoms with Gasteiger partial charge in [-0.3, -0.25) is 9.59 Å². The molecule has 0 aliphatic carbocycles. The lowest BCUT2D eigenvalue weighted by Crippen LogP contribution is -2.60. The molecule has 2 heterocycles. The summed E-state index contributed by atoms with van der Waals surface area (Å²) in [7, 11) is 0. The summed E-state index contributed by atoms with van der Waals surface area (Å²) in [5, 5.41) is 12.9. The third-order valence-electron chi connectivity index (χ3n) is 4.22. The first-order valence-corrected chi connectivity index (χ1v) is 7.43. The first kappa shape index (κ1) is 15.5. The third-order valence-corrected chi connectivity index (χ3v) is 4.22. The zero-order chi connectivity index (χ0) is 16.4. The van der Waals surface area contributed by atoms with Crippen molar-refractivity contribution in [2.75, 3.05) is 19.8 Å². The number of para-hydroxylation sites is 1.